The Hall–Kier alpha value is -1.87. The molecular weight excluding hydrogens is 436 g/mol. The lowest BCUT2D eigenvalue weighted by Gasteiger charge is -2.23. The van der Waals surface area contributed by atoms with Crippen LogP contribution in [0, 0.1) is 0 Å². The average Bonchev–Trinajstić information content (AvgIpc) is 3.34. The molecule has 2 aromatic rings. The van der Waals surface area contributed by atoms with Gasteiger partial charge in [0, 0.05) is 25.0 Å². The van der Waals surface area contributed by atoms with Crippen LogP contribution < -0.4 is 5.32 Å². The maximum atomic E-state index is 13.1. The van der Waals surface area contributed by atoms with E-state index in [-0.39, 0.29) is 23.4 Å². The van der Waals surface area contributed by atoms with Crippen LogP contribution in [0.25, 0.3) is 0 Å². The van der Waals surface area contributed by atoms with Gasteiger partial charge in [-0.3, -0.25) is 9.69 Å². The van der Waals surface area contributed by atoms with E-state index in [0.29, 0.717) is 23.8 Å². The third-order valence-corrected chi connectivity index (χ3v) is 8.33. The molecule has 1 atom stereocenters. The van der Waals surface area contributed by atoms with Crippen LogP contribution in [0.5, 0.6) is 0 Å². The van der Waals surface area contributed by atoms with Crippen LogP contribution in [-0.4, -0.2) is 54.7 Å². The van der Waals surface area contributed by atoms with Crippen molar-refractivity contribution in [1.29, 1.82) is 0 Å². The first-order valence-electron chi connectivity index (χ1n) is 10.9. The summed E-state index contributed by atoms with van der Waals surface area (Å²) in [4.78, 5) is 18.3. The van der Waals surface area contributed by atoms with Gasteiger partial charge in [0.15, 0.2) is 0 Å². The van der Waals surface area contributed by atoms with Crippen molar-refractivity contribution < 1.29 is 13.2 Å². The molecule has 2 aliphatic rings. The molecule has 7 nitrogen and oxygen atoms in total. The molecule has 31 heavy (non-hydrogen) atoms. The SMILES string of the molecule is O=C(CN1CCCC1c1ccc[nH]1)Nc1cc(S(=O)(=O)N2CCCCCC2)ccc1Cl. The number of hydrogen-bond donors (Lipinski definition) is 2. The minimum absolute atomic E-state index is 0.166. The smallest absolute Gasteiger partial charge is 0.243 e. The molecule has 2 fully saturated rings. The Morgan fingerprint density at radius 3 is 2.58 bits per heavy atom. The zero-order chi connectivity index (χ0) is 21.8. The van der Waals surface area contributed by atoms with Crippen molar-refractivity contribution in [2.45, 2.75) is 49.5 Å². The zero-order valence-corrected chi connectivity index (χ0v) is 19.1. The number of amides is 1. The van der Waals surface area contributed by atoms with Gasteiger partial charge in [0.25, 0.3) is 0 Å². The molecule has 0 radical (unpaired) electrons. The van der Waals surface area contributed by atoms with Gasteiger partial charge in [0.1, 0.15) is 0 Å². The minimum atomic E-state index is -3.61. The van der Waals surface area contributed by atoms with E-state index in [1.165, 1.54) is 12.1 Å². The molecule has 1 unspecified atom stereocenters. The monoisotopic (exact) mass is 464 g/mol. The Labute approximate surface area is 188 Å². The molecule has 0 bridgehead atoms. The molecule has 9 heteroatoms. The summed E-state index contributed by atoms with van der Waals surface area (Å²) >= 11 is 6.29. The summed E-state index contributed by atoms with van der Waals surface area (Å²) in [5.41, 5.74) is 1.44. The number of nitrogens with zero attached hydrogens (tertiary/aromatic N) is 2. The first kappa shape index (κ1) is 22.3. The number of carbonyl (C=O) groups is 1. The molecule has 2 saturated heterocycles. The normalized spacial score (nSPS) is 21.1. The predicted molar refractivity (Wildman–Crippen MR) is 122 cm³/mol. The number of carbonyl (C=O) groups excluding carboxylic acids is 1. The third kappa shape index (κ3) is 5.14. The average molecular weight is 465 g/mol. The Kier molecular flexibility index (Phi) is 7.01. The summed E-state index contributed by atoms with van der Waals surface area (Å²) < 4.78 is 27.7. The maximum Gasteiger partial charge on any atom is 0.243 e. The molecule has 168 valence electrons. The fraction of sp³-hybridized carbons (Fsp3) is 0.500. The number of anilines is 1. The molecule has 1 amide bonds. The molecule has 4 rings (SSSR count). The van der Waals surface area contributed by atoms with Crippen molar-refractivity contribution in [2.75, 3.05) is 31.5 Å². The van der Waals surface area contributed by atoms with Crippen molar-refractivity contribution in [3.05, 3.63) is 47.2 Å². The van der Waals surface area contributed by atoms with Crippen molar-refractivity contribution >= 4 is 33.2 Å². The van der Waals surface area contributed by atoms with Gasteiger partial charge < -0.3 is 10.3 Å². The second-order valence-electron chi connectivity index (χ2n) is 8.26. The summed E-state index contributed by atoms with van der Waals surface area (Å²) in [6.45, 7) is 2.13. The van der Waals surface area contributed by atoms with Crippen LogP contribution in [0.1, 0.15) is 50.3 Å². The highest BCUT2D eigenvalue weighted by molar-refractivity contribution is 7.89. The fourth-order valence-corrected chi connectivity index (χ4v) is 6.19. The molecule has 1 aromatic heterocycles. The van der Waals surface area contributed by atoms with E-state index in [9.17, 15) is 13.2 Å². The summed E-state index contributed by atoms with van der Waals surface area (Å²) in [5, 5.41) is 3.15. The van der Waals surface area contributed by atoms with E-state index >= 15 is 0 Å². The van der Waals surface area contributed by atoms with Crippen LogP contribution in [0.2, 0.25) is 5.02 Å². The van der Waals surface area contributed by atoms with Gasteiger partial charge in [0.2, 0.25) is 15.9 Å². The predicted octanol–water partition coefficient (Wildman–Crippen LogP) is 4.01. The quantitative estimate of drug-likeness (QED) is 0.676. The van der Waals surface area contributed by atoms with Crippen molar-refractivity contribution in [1.82, 2.24) is 14.2 Å². The number of sulfonamides is 1. The first-order chi connectivity index (χ1) is 14.9. The number of aromatic amines is 1. The lowest BCUT2D eigenvalue weighted by atomic mass is 10.1. The number of benzene rings is 1. The Morgan fingerprint density at radius 2 is 1.87 bits per heavy atom. The largest absolute Gasteiger partial charge is 0.364 e. The van der Waals surface area contributed by atoms with Crippen molar-refractivity contribution in [3.63, 3.8) is 0 Å². The molecule has 1 aromatic carbocycles. The molecule has 0 aliphatic carbocycles. The van der Waals surface area contributed by atoms with Crippen molar-refractivity contribution in [2.24, 2.45) is 0 Å². The van der Waals surface area contributed by atoms with Gasteiger partial charge in [-0.15, -0.1) is 0 Å². The number of H-pyrrole nitrogens is 1. The number of hydrogen-bond acceptors (Lipinski definition) is 4. The molecule has 0 spiro atoms. The van der Waals surface area contributed by atoms with Crippen LogP contribution in [0.4, 0.5) is 5.69 Å². The Morgan fingerprint density at radius 1 is 1.10 bits per heavy atom. The second kappa shape index (κ2) is 9.73. The number of halogens is 1. The van der Waals surface area contributed by atoms with Crippen molar-refractivity contribution in [3.8, 4) is 0 Å². The summed E-state index contributed by atoms with van der Waals surface area (Å²) in [7, 11) is -3.61. The van der Waals surface area contributed by atoms with Gasteiger partial charge >= 0.3 is 0 Å². The highest BCUT2D eigenvalue weighted by Gasteiger charge is 2.29. The van der Waals surface area contributed by atoms with E-state index in [0.717, 1.165) is 50.8 Å². The van der Waals surface area contributed by atoms with E-state index in [4.69, 9.17) is 11.6 Å². The topological polar surface area (TPSA) is 85.5 Å². The lowest BCUT2D eigenvalue weighted by Crippen LogP contribution is -2.33. The molecule has 2 N–H and O–H groups in total. The van der Waals surface area contributed by atoms with Gasteiger partial charge in [-0.1, -0.05) is 24.4 Å². The van der Waals surface area contributed by atoms with E-state index in [2.05, 4.69) is 15.2 Å². The van der Waals surface area contributed by atoms with Gasteiger partial charge in [-0.2, -0.15) is 4.31 Å². The first-order valence-corrected chi connectivity index (χ1v) is 12.7. The highest BCUT2D eigenvalue weighted by atomic mass is 35.5. The standard InChI is InChI=1S/C22H29ClN4O3S/c23-18-10-9-17(31(29,30)27-13-3-1-2-4-14-27)15-20(18)25-22(28)16-26-12-6-8-21(26)19-7-5-11-24-19/h5,7,9-11,15,21,24H,1-4,6,8,12-14,16H2,(H,25,28). The molecule has 0 saturated carbocycles. The molecule has 3 heterocycles. The number of likely N-dealkylation sites (tertiary alicyclic amines) is 1. The number of nitrogens with one attached hydrogen (secondary N) is 2. The Balaban J connectivity index is 1.46. The van der Waals surface area contributed by atoms with E-state index < -0.39 is 10.0 Å². The van der Waals surface area contributed by atoms with Crippen LogP contribution >= 0.6 is 11.6 Å². The summed E-state index contributed by atoms with van der Waals surface area (Å²) in [5.74, 6) is -0.204. The zero-order valence-electron chi connectivity index (χ0n) is 17.5. The summed E-state index contributed by atoms with van der Waals surface area (Å²) in [6, 6.07) is 8.72. The van der Waals surface area contributed by atoms with E-state index in [1.54, 1.807) is 10.4 Å². The lowest BCUT2D eigenvalue weighted by molar-refractivity contribution is -0.117. The van der Waals surface area contributed by atoms with E-state index in [1.807, 2.05) is 18.3 Å². The fourth-order valence-electron chi connectivity index (χ4n) is 4.49. The third-order valence-electron chi connectivity index (χ3n) is 6.11. The van der Waals surface area contributed by atoms with Gasteiger partial charge in [-0.25, -0.2) is 8.42 Å². The summed E-state index contributed by atoms with van der Waals surface area (Å²) in [6.07, 6.45) is 7.76. The molecular formula is C22H29ClN4O3S. The highest BCUT2D eigenvalue weighted by Crippen LogP contribution is 2.31. The van der Waals surface area contributed by atoms with Gasteiger partial charge in [-0.05, 0) is 62.6 Å². The minimum Gasteiger partial charge on any atom is -0.364 e. The van der Waals surface area contributed by atoms with Crippen LogP contribution in [0.15, 0.2) is 41.4 Å². The maximum absolute atomic E-state index is 13.1. The second-order valence-corrected chi connectivity index (χ2v) is 10.6. The number of aromatic nitrogens is 1. The van der Waals surface area contributed by atoms with Crippen LogP contribution in [0.3, 0.4) is 0 Å². The number of rotatable bonds is 6. The Bertz CT molecular complexity index is 1000. The molecule has 2 aliphatic heterocycles. The van der Waals surface area contributed by atoms with Gasteiger partial charge in [0.05, 0.1) is 28.2 Å². The van der Waals surface area contributed by atoms with Crippen LogP contribution in [-0.2, 0) is 14.8 Å².